The van der Waals surface area contributed by atoms with Crippen LogP contribution >= 0.6 is 0 Å². The molecule has 0 aliphatic rings. The fourth-order valence-electron chi connectivity index (χ4n) is 2.51. The van der Waals surface area contributed by atoms with Crippen LogP contribution in [-0.4, -0.2) is 38.2 Å². The Morgan fingerprint density at radius 2 is 1.17 bits per heavy atom. The molecule has 0 saturated carbocycles. The number of aromatic carboxylic acids is 2. The van der Waals surface area contributed by atoms with E-state index in [1.54, 1.807) is 60.7 Å². The molecule has 0 amide bonds. The van der Waals surface area contributed by atoms with Crippen molar-refractivity contribution in [2.24, 2.45) is 11.8 Å². The van der Waals surface area contributed by atoms with Crippen LogP contribution in [0.5, 0.6) is 0 Å². The van der Waals surface area contributed by atoms with Gasteiger partial charge in [-0.05, 0) is 43.0 Å². The molecule has 1 atom stereocenters. The average Bonchev–Trinajstić information content (AvgIpc) is 2.67. The quantitative estimate of drug-likeness (QED) is 0.526. The molecule has 29 heavy (non-hydrogen) atoms. The fraction of sp³-hybridized carbons (Fsp3) is 0.391. The lowest BCUT2D eigenvalue weighted by Gasteiger charge is -2.25. The van der Waals surface area contributed by atoms with Gasteiger partial charge in [-0.15, -0.1) is 0 Å². The van der Waals surface area contributed by atoms with Crippen molar-refractivity contribution in [3.63, 3.8) is 0 Å². The minimum Gasteiger partial charge on any atom is -0.478 e. The number of carbonyl (C=O) groups is 2. The average molecular weight is 405 g/mol. The highest BCUT2D eigenvalue weighted by molar-refractivity contribution is 5.87. The summed E-state index contributed by atoms with van der Waals surface area (Å²) in [5.41, 5.74) is 0.662. The highest BCUT2D eigenvalue weighted by Crippen LogP contribution is 2.24. The smallest absolute Gasteiger partial charge is 0.335 e. The summed E-state index contributed by atoms with van der Waals surface area (Å²) in [6.45, 7) is 7.74. The molecular formula is C23H32O6. The number of hydrogen-bond acceptors (Lipinski definition) is 4. The van der Waals surface area contributed by atoms with E-state index >= 15 is 0 Å². The molecule has 0 aliphatic carbocycles. The number of benzene rings is 2. The van der Waals surface area contributed by atoms with Crippen molar-refractivity contribution < 1.29 is 30.0 Å². The van der Waals surface area contributed by atoms with Gasteiger partial charge < -0.3 is 20.4 Å². The van der Waals surface area contributed by atoms with Gasteiger partial charge in [-0.3, -0.25) is 0 Å². The fourth-order valence-corrected chi connectivity index (χ4v) is 2.51. The van der Waals surface area contributed by atoms with E-state index in [1.165, 1.54) is 6.92 Å². The first-order valence-electron chi connectivity index (χ1n) is 9.49. The van der Waals surface area contributed by atoms with E-state index in [4.69, 9.17) is 20.4 Å². The second kappa shape index (κ2) is 13.5. The summed E-state index contributed by atoms with van der Waals surface area (Å²) in [4.78, 5) is 20.4. The highest BCUT2D eigenvalue weighted by atomic mass is 16.5. The van der Waals surface area contributed by atoms with Gasteiger partial charge in [-0.25, -0.2) is 9.59 Å². The summed E-state index contributed by atoms with van der Waals surface area (Å²) in [5.74, 6) is -2.31. The molecule has 2 aromatic rings. The first kappa shape index (κ1) is 26.3. The van der Waals surface area contributed by atoms with Crippen LogP contribution in [0, 0.1) is 11.8 Å². The SMILES string of the molecule is CCC(CC(C)(O)O)C(C)C.O=C(O)c1ccccc1.O=C(O)c1ccccc1. The van der Waals surface area contributed by atoms with Crippen molar-refractivity contribution in [2.75, 3.05) is 0 Å². The van der Waals surface area contributed by atoms with Crippen LogP contribution in [0.1, 0.15) is 61.3 Å². The third-order valence-corrected chi connectivity index (χ3v) is 4.16. The van der Waals surface area contributed by atoms with Crippen molar-refractivity contribution in [3.8, 4) is 0 Å². The molecule has 0 bridgehead atoms. The molecule has 0 spiro atoms. The van der Waals surface area contributed by atoms with E-state index in [9.17, 15) is 9.59 Å². The standard InChI is InChI=1S/C9H20O2.2C7H6O2/c1-5-8(7(2)3)6-9(4,10)11;2*8-7(9)6-4-2-1-3-5-6/h7-8,10-11H,5-6H2,1-4H3;2*1-5H,(H,8,9). The lowest BCUT2D eigenvalue weighted by molar-refractivity contribution is -0.160. The summed E-state index contributed by atoms with van der Waals surface area (Å²) >= 11 is 0. The number of rotatable bonds is 6. The molecule has 0 heterocycles. The molecule has 160 valence electrons. The molecule has 4 N–H and O–H groups in total. The molecular weight excluding hydrogens is 372 g/mol. The Kier molecular flexibility index (Phi) is 12.2. The van der Waals surface area contributed by atoms with Crippen LogP contribution in [0.4, 0.5) is 0 Å². The van der Waals surface area contributed by atoms with Crippen molar-refractivity contribution in [1.82, 2.24) is 0 Å². The number of carboxylic acids is 2. The molecule has 0 aliphatic heterocycles. The van der Waals surface area contributed by atoms with Crippen LogP contribution in [-0.2, 0) is 0 Å². The zero-order chi connectivity index (χ0) is 22.4. The molecule has 6 heteroatoms. The lowest BCUT2D eigenvalue weighted by Crippen LogP contribution is -2.28. The van der Waals surface area contributed by atoms with Crippen molar-refractivity contribution in [3.05, 3.63) is 71.8 Å². The van der Waals surface area contributed by atoms with Crippen LogP contribution < -0.4 is 0 Å². The third kappa shape index (κ3) is 13.2. The van der Waals surface area contributed by atoms with Crippen molar-refractivity contribution in [2.45, 2.75) is 46.3 Å². The Labute approximate surface area is 172 Å². The third-order valence-electron chi connectivity index (χ3n) is 4.16. The highest BCUT2D eigenvalue weighted by Gasteiger charge is 2.22. The van der Waals surface area contributed by atoms with Gasteiger partial charge in [-0.2, -0.15) is 0 Å². The molecule has 2 aromatic carbocycles. The molecule has 6 nitrogen and oxygen atoms in total. The predicted molar refractivity (Wildman–Crippen MR) is 113 cm³/mol. The van der Waals surface area contributed by atoms with Crippen LogP contribution in [0.15, 0.2) is 60.7 Å². The summed E-state index contributed by atoms with van der Waals surface area (Å²) in [6.07, 6.45) is 1.48. The Morgan fingerprint density at radius 3 is 1.31 bits per heavy atom. The first-order valence-corrected chi connectivity index (χ1v) is 9.49. The van der Waals surface area contributed by atoms with E-state index in [1.807, 2.05) is 0 Å². The maximum Gasteiger partial charge on any atom is 0.335 e. The molecule has 0 saturated heterocycles. The Balaban J connectivity index is 0.000000408. The molecule has 2 rings (SSSR count). The normalized spacial score (nSPS) is 11.4. The molecule has 0 radical (unpaired) electrons. The van der Waals surface area contributed by atoms with E-state index in [0.717, 1.165) is 6.42 Å². The maximum absolute atomic E-state index is 10.2. The van der Waals surface area contributed by atoms with Crippen LogP contribution in [0.2, 0.25) is 0 Å². The summed E-state index contributed by atoms with van der Waals surface area (Å²) in [7, 11) is 0. The summed E-state index contributed by atoms with van der Waals surface area (Å²) < 4.78 is 0. The zero-order valence-corrected chi connectivity index (χ0v) is 17.4. The Hall–Kier alpha value is -2.70. The summed E-state index contributed by atoms with van der Waals surface area (Å²) in [6, 6.07) is 16.6. The number of carboxylic acid groups (broad SMARTS) is 2. The Bertz CT molecular complexity index is 656. The first-order chi connectivity index (χ1) is 13.5. The second-order valence-electron chi connectivity index (χ2n) is 7.18. The van der Waals surface area contributed by atoms with Crippen molar-refractivity contribution in [1.29, 1.82) is 0 Å². The van der Waals surface area contributed by atoms with E-state index in [2.05, 4.69) is 20.8 Å². The lowest BCUT2D eigenvalue weighted by atomic mass is 9.87. The van der Waals surface area contributed by atoms with E-state index in [0.29, 0.717) is 29.4 Å². The minimum absolute atomic E-state index is 0.331. The van der Waals surface area contributed by atoms with Gasteiger partial charge in [0.05, 0.1) is 11.1 Å². The van der Waals surface area contributed by atoms with Crippen molar-refractivity contribution >= 4 is 11.9 Å². The predicted octanol–water partition coefficient (Wildman–Crippen LogP) is 4.53. The van der Waals surface area contributed by atoms with Crippen LogP contribution in [0.3, 0.4) is 0 Å². The van der Waals surface area contributed by atoms with Gasteiger partial charge in [0, 0.05) is 6.42 Å². The largest absolute Gasteiger partial charge is 0.478 e. The van der Waals surface area contributed by atoms with Gasteiger partial charge in [0.25, 0.3) is 0 Å². The zero-order valence-electron chi connectivity index (χ0n) is 17.4. The summed E-state index contributed by atoms with van der Waals surface area (Å²) in [5, 5.41) is 35.0. The minimum atomic E-state index is -1.50. The molecule has 0 fully saturated rings. The van der Waals surface area contributed by atoms with Gasteiger partial charge in [0.15, 0.2) is 5.79 Å². The van der Waals surface area contributed by atoms with E-state index < -0.39 is 17.7 Å². The Morgan fingerprint density at radius 1 is 0.828 bits per heavy atom. The van der Waals surface area contributed by atoms with Gasteiger partial charge in [0.2, 0.25) is 0 Å². The van der Waals surface area contributed by atoms with Crippen LogP contribution in [0.25, 0.3) is 0 Å². The molecule has 1 unspecified atom stereocenters. The second-order valence-corrected chi connectivity index (χ2v) is 7.18. The topological polar surface area (TPSA) is 115 Å². The number of hydrogen-bond donors (Lipinski definition) is 4. The van der Waals surface area contributed by atoms with Gasteiger partial charge in [-0.1, -0.05) is 63.6 Å². The number of aliphatic hydroxyl groups is 2. The monoisotopic (exact) mass is 404 g/mol. The molecule has 0 aromatic heterocycles. The maximum atomic E-state index is 10.2. The van der Waals surface area contributed by atoms with E-state index in [-0.39, 0.29) is 0 Å². The van der Waals surface area contributed by atoms with Gasteiger partial charge >= 0.3 is 11.9 Å². The van der Waals surface area contributed by atoms with Gasteiger partial charge in [0.1, 0.15) is 0 Å².